The van der Waals surface area contributed by atoms with Gasteiger partial charge in [0.1, 0.15) is 17.2 Å². The average Bonchev–Trinajstić information content (AvgIpc) is 3.52. The van der Waals surface area contributed by atoms with Gasteiger partial charge in [-0.05, 0) is 36.4 Å². The van der Waals surface area contributed by atoms with E-state index in [1.54, 1.807) is 32.4 Å². The van der Waals surface area contributed by atoms with Crippen LogP contribution in [0.1, 0.15) is 0 Å². The summed E-state index contributed by atoms with van der Waals surface area (Å²) in [5, 5.41) is 12.2. The van der Waals surface area contributed by atoms with E-state index < -0.39 is 0 Å². The van der Waals surface area contributed by atoms with Crippen molar-refractivity contribution in [3.05, 3.63) is 67.0 Å². The van der Waals surface area contributed by atoms with Crippen LogP contribution in [0.25, 0.3) is 11.4 Å². The molecule has 0 unspecified atom stereocenters. The van der Waals surface area contributed by atoms with Crippen molar-refractivity contribution in [1.82, 2.24) is 19.5 Å². The van der Waals surface area contributed by atoms with Crippen LogP contribution in [0.5, 0.6) is 17.2 Å². The summed E-state index contributed by atoms with van der Waals surface area (Å²) in [6.45, 7) is 0. The number of rotatable bonds is 9. The average molecular weight is 466 g/mol. The van der Waals surface area contributed by atoms with E-state index in [-0.39, 0.29) is 11.7 Å². The van der Waals surface area contributed by atoms with Gasteiger partial charge < -0.3 is 19.5 Å². The zero-order valence-electron chi connectivity index (χ0n) is 18.4. The summed E-state index contributed by atoms with van der Waals surface area (Å²) in [6.07, 6.45) is 3.77. The lowest BCUT2D eigenvalue weighted by atomic mass is 10.2. The van der Waals surface area contributed by atoms with E-state index >= 15 is 0 Å². The van der Waals surface area contributed by atoms with Gasteiger partial charge >= 0.3 is 0 Å². The highest BCUT2D eigenvalue weighted by atomic mass is 32.2. The third kappa shape index (κ3) is 4.80. The monoisotopic (exact) mass is 465 g/mol. The van der Waals surface area contributed by atoms with E-state index in [9.17, 15) is 4.79 Å². The topological polar surface area (TPSA) is 92.4 Å². The molecule has 9 nitrogen and oxygen atoms in total. The van der Waals surface area contributed by atoms with Gasteiger partial charge in [-0.3, -0.25) is 9.47 Å². The lowest BCUT2D eigenvalue weighted by molar-refractivity contribution is -0.113. The van der Waals surface area contributed by atoms with Crippen LogP contribution in [0, 0.1) is 0 Å². The van der Waals surface area contributed by atoms with E-state index in [1.165, 1.54) is 18.9 Å². The number of carbonyl (C=O) groups excluding carboxylic acids is 1. The first-order valence-corrected chi connectivity index (χ1v) is 11.0. The van der Waals surface area contributed by atoms with Crippen molar-refractivity contribution in [3.8, 4) is 28.6 Å². The molecule has 10 heteroatoms. The molecule has 0 aliphatic rings. The molecule has 2 heterocycles. The van der Waals surface area contributed by atoms with Crippen LogP contribution in [-0.4, -0.2) is 52.5 Å². The van der Waals surface area contributed by atoms with Gasteiger partial charge in [0.2, 0.25) is 11.1 Å². The Morgan fingerprint density at radius 1 is 0.939 bits per heavy atom. The first kappa shape index (κ1) is 22.3. The summed E-state index contributed by atoms with van der Waals surface area (Å²) in [4.78, 5) is 12.7. The number of nitrogens with one attached hydrogen (secondary N) is 1. The molecule has 4 rings (SSSR count). The van der Waals surface area contributed by atoms with Gasteiger partial charge in [-0.1, -0.05) is 23.9 Å². The molecule has 2 aromatic carbocycles. The lowest BCUT2D eigenvalue weighted by Crippen LogP contribution is -2.16. The Morgan fingerprint density at radius 2 is 1.70 bits per heavy atom. The van der Waals surface area contributed by atoms with Crippen LogP contribution in [-0.2, 0) is 4.79 Å². The minimum atomic E-state index is -0.204. The Labute approximate surface area is 195 Å². The van der Waals surface area contributed by atoms with Crippen molar-refractivity contribution in [2.75, 3.05) is 32.4 Å². The Morgan fingerprint density at radius 3 is 2.42 bits per heavy atom. The van der Waals surface area contributed by atoms with Crippen molar-refractivity contribution in [2.24, 2.45) is 0 Å². The number of benzene rings is 2. The summed E-state index contributed by atoms with van der Waals surface area (Å²) in [5.41, 5.74) is 1.35. The van der Waals surface area contributed by atoms with Crippen molar-refractivity contribution < 1.29 is 19.0 Å². The number of methoxy groups -OCH3 is 3. The molecule has 0 fully saturated rings. The number of para-hydroxylation sites is 1. The molecule has 2 aromatic heterocycles. The van der Waals surface area contributed by atoms with Gasteiger partial charge in [-0.2, -0.15) is 0 Å². The molecule has 0 atom stereocenters. The number of carbonyl (C=O) groups is 1. The summed E-state index contributed by atoms with van der Waals surface area (Å²) in [7, 11) is 4.73. The van der Waals surface area contributed by atoms with E-state index in [4.69, 9.17) is 14.2 Å². The fourth-order valence-electron chi connectivity index (χ4n) is 3.24. The smallest absolute Gasteiger partial charge is 0.234 e. The van der Waals surface area contributed by atoms with Crippen molar-refractivity contribution in [1.29, 1.82) is 0 Å². The molecule has 1 amide bonds. The van der Waals surface area contributed by atoms with E-state index in [2.05, 4.69) is 15.5 Å². The number of aromatic nitrogens is 4. The Hall–Kier alpha value is -3.92. The number of hydrogen-bond donors (Lipinski definition) is 1. The number of ether oxygens (including phenoxy) is 3. The third-order valence-corrected chi connectivity index (χ3v) is 5.71. The third-order valence-electron chi connectivity index (χ3n) is 4.79. The summed E-state index contributed by atoms with van der Waals surface area (Å²) >= 11 is 1.27. The molecule has 0 bridgehead atoms. The second-order valence-corrected chi connectivity index (χ2v) is 7.73. The predicted molar refractivity (Wildman–Crippen MR) is 126 cm³/mol. The molecule has 170 valence electrons. The van der Waals surface area contributed by atoms with Crippen molar-refractivity contribution >= 4 is 23.4 Å². The maximum absolute atomic E-state index is 12.7. The summed E-state index contributed by atoms with van der Waals surface area (Å²) in [5.74, 6) is 2.36. The first-order chi connectivity index (χ1) is 16.1. The Balaban J connectivity index is 1.57. The van der Waals surface area contributed by atoms with Crippen LogP contribution in [0.15, 0.2) is 72.1 Å². The largest absolute Gasteiger partial charge is 0.497 e. The normalized spacial score (nSPS) is 10.6. The molecule has 0 aliphatic carbocycles. The second-order valence-electron chi connectivity index (χ2n) is 6.78. The highest BCUT2D eigenvalue weighted by Crippen LogP contribution is 2.32. The minimum absolute atomic E-state index is 0.126. The molecule has 0 spiro atoms. The van der Waals surface area contributed by atoms with Gasteiger partial charge in [-0.25, -0.2) is 4.68 Å². The molecule has 4 aromatic rings. The highest BCUT2D eigenvalue weighted by molar-refractivity contribution is 7.99. The van der Waals surface area contributed by atoms with Gasteiger partial charge in [0.25, 0.3) is 0 Å². The number of thioether (sulfide) groups is 1. The number of hydrogen-bond acceptors (Lipinski definition) is 7. The zero-order chi connectivity index (χ0) is 23.2. The Kier molecular flexibility index (Phi) is 6.84. The molecule has 0 radical (unpaired) electrons. The summed E-state index contributed by atoms with van der Waals surface area (Å²) < 4.78 is 19.7. The molecule has 33 heavy (non-hydrogen) atoms. The number of nitrogens with zero attached hydrogens (tertiary/aromatic N) is 4. The standard InChI is InChI=1S/C23H23N5O4S/c1-30-16-10-11-18(20(14-16)32-3)24-21(29)15-33-23-26-25-22(28(23)27-12-6-7-13-27)17-8-4-5-9-19(17)31-2/h4-14H,15H2,1-3H3,(H,24,29). The number of anilines is 1. The first-order valence-electron chi connectivity index (χ1n) is 10.0. The van der Waals surface area contributed by atoms with Crippen molar-refractivity contribution in [2.45, 2.75) is 5.16 Å². The van der Waals surface area contributed by atoms with Gasteiger partial charge in [-0.15, -0.1) is 10.2 Å². The molecular weight excluding hydrogens is 442 g/mol. The van der Waals surface area contributed by atoms with Crippen LogP contribution in [0.2, 0.25) is 0 Å². The van der Waals surface area contributed by atoms with Crippen molar-refractivity contribution in [3.63, 3.8) is 0 Å². The molecule has 0 aliphatic heterocycles. The fraction of sp³-hybridized carbons (Fsp3) is 0.174. The van der Waals surface area contributed by atoms with Crippen LogP contribution >= 0.6 is 11.8 Å². The van der Waals surface area contributed by atoms with E-state index in [0.717, 1.165) is 5.56 Å². The molecule has 1 N–H and O–H groups in total. The molecule has 0 saturated heterocycles. The van der Waals surface area contributed by atoms with Gasteiger partial charge in [0.15, 0.2) is 5.82 Å². The lowest BCUT2D eigenvalue weighted by Gasteiger charge is -2.13. The molecule has 0 saturated carbocycles. The van der Waals surface area contributed by atoms with Crippen LogP contribution in [0.3, 0.4) is 0 Å². The zero-order valence-corrected chi connectivity index (χ0v) is 19.2. The SMILES string of the molecule is COc1ccc(NC(=O)CSc2nnc(-c3ccccc3OC)n2-n2cccc2)c(OC)c1. The maximum atomic E-state index is 12.7. The quantitative estimate of drug-likeness (QED) is 0.376. The summed E-state index contributed by atoms with van der Waals surface area (Å²) in [6, 6.07) is 16.6. The molecular formula is C23H23N5O4S. The maximum Gasteiger partial charge on any atom is 0.234 e. The van der Waals surface area contributed by atoms with E-state index in [1.807, 2.05) is 58.1 Å². The highest BCUT2D eigenvalue weighted by Gasteiger charge is 2.20. The van der Waals surface area contributed by atoms with E-state index in [0.29, 0.717) is 33.9 Å². The van der Waals surface area contributed by atoms with Gasteiger partial charge in [0, 0.05) is 18.5 Å². The number of amides is 1. The fourth-order valence-corrected chi connectivity index (χ4v) is 3.97. The Bertz CT molecular complexity index is 1240. The van der Waals surface area contributed by atoms with Gasteiger partial charge in [0.05, 0.1) is 38.3 Å². The second kappa shape index (κ2) is 10.1. The van der Waals surface area contributed by atoms with Crippen LogP contribution in [0.4, 0.5) is 5.69 Å². The van der Waals surface area contributed by atoms with Crippen LogP contribution < -0.4 is 19.5 Å². The predicted octanol–water partition coefficient (Wildman–Crippen LogP) is 3.81. The minimum Gasteiger partial charge on any atom is -0.497 e.